The van der Waals surface area contributed by atoms with E-state index in [4.69, 9.17) is 9.57 Å². The first-order valence-electron chi connectivity index (χ1n) is 4.32. The van der Waals surface area contributed by atoms with Gasteiger partial charge in [0.05, 0.1) is 14.2 Å². The lowest BCUT2D eigenvalue weighted by atomic mass is 10.1. The van der Waals surface area contributed by atoms with E-state index in [-0.39, 0.29) is 5.75 Å². The summed E-state index contributed by atoms with van der Waals surface area (Å²) >= 11 is 0. The van der Waals surface area contributed by atoms with Crippen molar-refractivity contribution < 1.29 is 14.7 Å². The lowest BCUT2D eigenvalue weighted by molar-refractivity contribution is 0.0860. The fraction of sp³-hybridized carbons (Fsp3) is 0.400. The van der Waals surface area contributed by atoms with Crippen molar-refractivity contribution in [3.8, 4) is 11.5 Å². The topological polar surface area (TPSA) is 50.7 Å². The molecule has 1 aromatic carbocycles. The number of benzene rings is 1. The van der Waals surface area contributed by atoms with Gasteiger partial charge in [-0.1, -0.05) is 12.1 Å². The van der Waals surface area contributed by atoms with E-state index in [1.165, 1.54) is 7.11 Å². The third kappa shape index (κ3) is 2.16. The fourth-order valence-corrected chi connectivity index (χ4v) is 1.23. The minimum absolute atomic E-state index is 0.183. The average molecular weight is 197 g/mol. The predicted molar refractivity (Wildman–Crippen MR) is 53.2 cm³/mol. The molecule has 4 nitrogen and oxygen atoms in total. The van der Waals surface area contributed by atoms with Gasteiger partial charge < -0.3 is 14.7 Å². The zero-order valence-electron chi connectivity index (χ0n) is 8.63. The summed E-state index contributed by atoms with van der Waals surface area (Å²) in [5.74, 6) is 0.678. The van der Waals surface area contributed by atoms with E-state index in [2.05, 4.69) is 5.48 Å². The highest BCUT2D eigenvalue weighted by molar-refractivity contribution is 5.50. The smallest absolute Gasteiger partial charge is 0.165 e. The number of nitrogens with one attached hydrogen (secondary N) is 1. The highest BCUT2D eigenvalue weighted by Gasteiger charge is 2.10. The highest BCUT2D eigenvalue weighted by atomic mass is 16.6. The number of aryl methyl sites for hydroxylation is 1. The van der Waals surface area contributed by atoms with E-state index in [0.717, 1.165) is 11.1 Å². The molecule has 4 heteroatoms. The second-order valence-electron chi connectivity index (χ2n) is 2.95. The predicted octanol–water partition coefficient (Wildman–Crippen LogP) is 1.36. The molecule has 0 heterocycles. The molecule has 0 aromatic heterocycles. The second kappa shape index (κ2) is 4.83. The minimum atomic E-state index is 0.183. The molecule has 0 aliphatic rings. The van der Waals surface area contributed by atoms with Gasteiger partial charge in [0.25, 0.3) is 0 Å². The molecule has 0 aliphatic heterocycles. The number of phenols is 1. The Kier molecular flexibility index (Phi) is 3.73. The molecule has 0 saturated heterocycles. The fourth-order valence-electron chi connectivity index (χ4n) is 1.23. The Labute approximate surface area is 83.4 Å². The Morgan fingerprint density at radius 2 is 2.07 bits per heavy atom. The maximum absolute atomic E-state index is 9.68. The number of hydroxylamine groups is 1. The molecule has 0 amide bonds. The second-order valence-corrected chi connectivity index (χ2v) is 2.95. The van der Waals surface area contributed by atoms with E-state index in [1.807, 2.05) is 19.1 Å². The molecule has 2 N–H and O–H groups in total. The largest absolute Gasteiger partial charge is 0.504 e. The molecule has 0 atom stereocenters. The standard InChI is InChI=1S/C10H15NO3/c1-7-4-5-8(6-11-14-3)10(13-2)9(7)12/h4-5,11-12H,6H2,1-3H3. The van der Waals surface area contributed by atoms with Crippen LogP contribution in [-0.4, -0.2) is 19.3 Å². The van der Waals surface area contributed by atoms with E-state index in [0.29, 0.717) is 12.3 Å². The quantitative estimate of drug-likeness (QED) is 0.715. The van der Waals surface area contributed by atoms with Crippen molar-refractivity contribution in [3.05, 3.63) is 23.3 Å². The molecule has 0 radical (unpaired) electrons. The first-order valence-corrected chi connectivity index (χ1v) is 4.32. The zero-order valence-corrected chi connectivity index (χ0v) is 8.63. The number of phenolic OH excluding ortho intramolecular Hbond substituents is 1. The number of ether oxygens (including phenoxy) is 1. The van der Waals surface area contributed by atoms with Gasteiger partial charge in [-0.3, -0.25) is 0 Å². The summed E-state index contributed by atoms with van der Waals surface area (Å²) in [6, 6.07) is 3.73. The maximum Gasteiger partial charge on any atom is 0.165 e. The molecule has 1 aromatic rings. The van der Waals surface area contributed by atoms with Gasteiger partial charge in [0.1, 0.15) is 0 Å². The Hall–Kier alpha value is -1.26. The van der Waals surface area contributed by atoms with Crippen molar-refractivity contribution in [1.29, 1.82) is 0 Å². The summed E-state index contributed by atoms with van der Waals surface area (Å²) in [5.41, 5.74) is 4.35. The highest BCUT2D eigenvalue weighted by Crippen LogP contribution is 2.32. The SMILES string of the molecule is CONCc1ccc(C)c(O)c1OC. The van der Waals surface area contributed by atoms with Gasteiger partial charge in [0, 0.05) is 12.1 Å². The van der Waals surface area contributed by atoms with Gasteiger partial charge >= 0.3 is 0 Å². The van der Waals surface area contributed by atoms with Crippen LogP contribution in [0, 0.1) is 6.92 Å². The third-order valence-electron chi connectivity index (χ3n) is 2.03. The van der Waals surface area contributed by atoms with E-state index in [9.17, 15) is 5.11 Å². The van der Waals surface area contributed by atoms with Crippen LogP contribution in [0.5, 0.6) is 11.5 Å². The molecule has 0 spiro atoms. The van der Waals surface area contributed by atoms with Gasteiger partial charge in [-0.25, -0.2) is 0 Å². The van der Waals surface area contributed by atoms with Crippen LogP contribution in [0.15, 0.2) is 12.1 Å². The van der Waals surface area contributed by atoms with Crippen LogP contribution in [0.2, 0.25) is 0 Å². The van der Waals surface area contributed by atoms with Gasteiger partial charge in [-0.15, -0.1) is 0 Å². The zero-order chi connectivity index (χ0) is 10.6. The molecular weight excluding hydrogens is 182 g/mol. The van der Waals surface area contributed by atoms with E-state index < -0.39 is 0 Å². The lowest BCUT2D eigenvalue weighted by Gasteiger charge is -2.11. The maximum atomic E-state index is 9.68. The van der Waals surface area contributed by atoms with E-state index in [1.54, 1.807) is 7.11 Å². The Morgan fingerprint density at radius 1 is 1.36 bits per heavy atom. The molecule has 0 aliphatic carbocycles. The van der Waals surface area contributed by atoms with Crippen LogP contribution in [0.25, 0.3) is 0 Å². The summed E-state index contributed by atoms with van der Waals surface area (Å²) in [6.45, 7) is 2.32. The first kappa shape index (κ1) is 10.8. The Balaban J connectivity index is 2.98. The van der Waals surface area contributed by atoms with Crippen molar-refractivity contribution in [2.75, 3.05) is 14.2 Å². The Morgan fingerprint density at radius 3 is 2.64 bits per heavy atom. The van der Waals surface area contributed by atoms with Crippen LogP contribution in [0.4, 0.5) is 0 Å². The van der Waals surface area contributed by atoms with Gasteiger partial charge in [0.2, 0.25) is 0 Å². The monoisotopic (exact) mass is 197 g/mol. The molecule has 0 fully saturated rings. The average Bonchev–Trinajstić information content (AvgIpc) is 2.20. The third-order valence-corrected chi connectivity index (χ3v) is 2.03. The van der Waals surface area contributed by atoms with Crippen LogP contribution < -0.4 is 10.2 Å². The minimum Gasteiger partial charge on any atom is -0.504 e. The van der Waals surface area contributed by atoms with Crippen LogP contribution in [0.3, 0.4) is 0 Å². The summed E-state index contributed by atoms with van der Waals surface area (Å²) in [5, 5.41) is 9.68. The van der Waals surface area contributed by atoms with Gasteiger partial charge in [-0.2, -0.15) is 5.48 Å². The summed E-state index contributed by atoms with van der Waals surface area (Å²) in [7, 11) is 3.07. The number of aromatic hydroxyl groups is 1. The molecule has 14 heavy (non-hydrogen) atoms. The molecular formula is C10H15NO3. The molecule has 78 valence electrons. The van der Waals surface area contributed by atoms with Crippen molar-refractivity contribution in [1.82, 2.24) is 5.48 Å². The van der Waals surface area contributed by atoms with E-state index >= 15 is 0 Å². The molecule has 1 rings (SSSR count). The Bertz CT molecular complexity index is 312. The van der Waals surface area contributed by atoms with Crippen LogP contribution in [0.1, 0.15) is 11.1 Å². The molecule has 0 saturated carbocycles. The van der Waals surface area contributed by atoms with Crippen molar-refractivity contribution in [2.45, 2.75) is 13.5 Å². The summed E-state index contributed by atoms with van der Waals surface area (Å²) in [6.07, 6.45) is 0. The molecule has 0 bridgehead atoms. The first-order chi connectivity index (χ1) is 6.70. The van der Waals surface area contributed by atoms with Gasteiger partial charge in [0.15, 0.2) is 11.5 Å². The van der Waals surface area contributed by atoms with Gasteiger partial charge in [-0.05, 0) is 12.5 Å². The van der Waals surface area contributed by atoms with Crippen molar-refractivity contribution in [3.63, 3.8) is 0 Å². The summed E-state index contributed by atoms with van der Waals surface area (Å²) in [4.78, 5) is 4.73. The van der Waals surface area contributed by atoms with Crippen molar-refractivity contribution in [2.24, 2.45) is 0 Å². The number of hydrogen-bond donors (Lipinski definition) is 2. The molecule has 0 unspecified atom stereocenters. The number of rotatable bonds is 4. The lowest BCUT2D eigenvalue weighted by Crippen LogP contribution is -2.11. The number of methoxy groups -OCH3 is 1. The van der Waals surface area contributed by atoms with Crippen LogP contribution >= 0.6 is 0 Å². The summed E-state index contributed by atoms with van der Waals surface area (Å²) < 4.78 is 5.11. The van der Waals surface area contributed by atoms with Crippen LogP contribution in [-0.2, 0) is 11.4 Å². The van der Waals surface area contributed by atoms with Crippen molar-refractivity contribution >= 4 is 0 Å². The normalized spacial score (nSPS) is 10.2. The number of hydrogen-bond acceptors (Lipinski definition) is 4.